The number of benzene rings is 1. The molecule has 0 fully saturated rings. The first-order valence-corrected chi connectivity index (χ1v) is 11.3. The molecule has 0 spiro atoms. The second-order valence-electron chi connectivity index (χ2n) is 9.77. The van der Waals surface area contributed by atoms with Gasteiger partial charge in [0.1, 0.15) is 17.5 Å². The lowest BCUT2D eigenvalue weighted by molar-refractivity contribution is -0.133. The Bertz CT molecular complexity index is 1090. The molecular formula is C25H34N4O4. The van der Waals surface area contributed by atoms with E-state index in [-0.39, 0.29) is 24.1 Å². The fourth-order valence-corrected chi connectivity index (χ4v) is 3.89. The molecule has 1 aliphatic rings. The van der Waals surface area contributed by atoms with Gasteiger partial charge in [0.25, 0.3) is 5.56 Å². The molecule has 0 bridgehead atoms. The lowest BCUT2D eigenvalue weighted by atomic mass is 10.0. The molecule has 0 saturated heterocycles. The molecule has 2 heterocycles. The topological polar surface area (TPSA) is 84.7 Å². The number of aryl methyl sites for hydroxylation is 1. The monoisotopic (exact) mass is 454 g/mol. The molecule has 2 amide bonds. The van der Waals surface area contributed by atoms with Gasteiger partial charge in [-0.15, -0.1) is 0 Å². The quantitative estimate of drug-likeness (QED) is 0.708. The third kappa shape index (κ3) is 5.26. The fourth-order valence-electron chi connectivity index (χ4n) is 3.89. The highest BCUT2D eigenvalue weighted by atomic mass is 16.6. The van der Waals surface area contributed by atoms with Crippen LogP contribution in [0.3, 0.4) is 0 Å². The summed E-state index contributed by atoms with van der Waals surface area (Å²) < 4.78 is 6.98. The van der Waals surface area contributed by atoms with E-state index < -0.39 is 17.7 Å². The van der Waals surface area contributed by atoms with Crippen molar-refractivity contribution < 1.29 is 14.3 Å². The van der Waals surface area contributed by atoms with Gasteiger partial charge in [0.2, 0.25) is 5.91 Å². The minimum Gasteiger partial charge on any atom is -0.444 e. The summed E-state index contributed by atoms with van der Waals surface area (Å²) in [5, 5.41) is 0. The molecule has 0 saturated carbocycles. The van der Waals surface area contributed by atoms with Crippen LogP contribution in [0.2, 0.25) is 0 Å². The summed E-state index contributed by atoms with van der Waals surface area (Å²) in [5.41, 5.74) is 0.994. The highest BCUT2D eigenvalue weighted by Crippen LogP contribution is 2.24. The van der Waals surface area contributed by atoms with Crippen molar-refractivity contribution in [2.45, 2.75) is 72.2 Å². The Hall–Kier alpha value is -3.16. The second-order valence-corrected chi connectivity index (χ2v) is 9.77. The van der Waals surface area contributed by atoms with Gasteiger partial charge >= 0.3 is 6.09 Å². The lowest BCUT2D eigenvalue weighted by Gasteiger charge is -2.32. The maximum absolute atomic E-state index is 13.7. The van der Waals surface area contributed by atoms with E-state index in [0.29, 0.717) is 30.0 Å². The van der Waals surface area contributed by atoms with Crippen molar-refractivity contribution in [1.29, 1.82) is 0 Å². The molecule has 1 aromatic carbocycles. The van der Waals surface area contributed by atoms with Crippen molar-refractivity contribution in [1.82, 2.24) is 19.4 Å². The smallest absolute Gasteiger partial charge is 0.410 e. The summed E-state index contributed by atoms with van der Waals surface area (Å²) in [6.07, 6.45) is -0.0659. The van der Waals surface area contributed by atoms with E-state index >= 15 is 0 Å². The molecule has 1 atom stereocenters. The molecule has 1 unspecified atom stereocenters. The Morgan fingerprint density at radius 3 is 2.36 bits per heavy atom. The average Bonchev–Trinajstić information content (AvgIpc) is 2.74. The zero-order valence-corrected chi connectivity index (χ0v) is 20.6. The molecule has 0 radical (unpaired) electrons. The molecule has 178 valence electrons. The van der Waals surface area contributed by atoms with E-state index in [2.05, 4.69) is 4.98 Å². The number of carbonyl (C=O) groups excluding carboxylic acids is 2. The number of amides is 2. The number of likely N-dealkylation sites (N-methyl/N-ethyl adjacent to an activating group) is 1. The molecule has 3 rings (SSSR count). The minimum atomic E-state index is -0.812. The zero-order chi connectivity index (χ0) is 24.5. The van der Waals surface area contributed by atoms with Crippen LogP contribution >= 0.6 is 0 Å². The first-order valence-electron chi connectivity index (χ1n) is 11.3. The highest BCUT2D eigenvalue weighted by Gasteiger charge is 2.33. The van der Waals surface area contributed by atoms with Crippen LogP contribution in [0.15, 0.2) is 35.1 Å². The number of ether oxygens (including phenoxy) is 1. The molecule has 1 aliphatic heterocycles. The van der Waals surface area contributed by atoms with E-state index in [0.717, 1.165) is 5.56 Å². The van der Waals surface area contributed by atoms with Crippen LogP contribution in [0.5, 0.6) is 0 Å². The Morgan fingerprint density at radius 2 is 1.79 bits per heavy atom. The standard InChI is InChI=1S/C25H34N4O4/c1-16(2)27(7)23(31)21(18-11-9-8-10-12-18)29-17(3)26-20-15-28(14-13-19(20)22(29)30)24(32)33-25(4,5)6/h8-12,16,21H,13-15H2,1-7H3. The number of nitrogens with zero attached hydrogens (tertiary/aromatic N) is 4. The summed E-state index contributed by atoms with van der Waals surface area (Å²) in [5.74, 6) is 0.262. The van der Waals surface area contributed by atoms with E-state index in [1.807, 2.05) is 65.0 Å². The molecule has 1 aromatic heterocycles. The molecule has 8 nitrogen and oxygen atoms in total. The minimum absolute atomic E-state index is 0.0207. The van der Waals surface area contributed by atoms with Gasteiger partial charge in [-0.2, -0.15) is 0 Å². The van der Waals surface area contributed by atoms with Crippen LogP contribution in [0, 0.1) is 6.92 Å². The number of rotatable bonds is 4. The number of hydrogen-bond donors (Lipinski definition) is 0. The van der Waals surface area contributed by atoms with Crippen LogP contribution in [0.1, 0.15) is 63.3 Å². The van der Waals surface area contributed by atoms with Gasteiger partial charge in [-0.05, 0) is 53.5 Å². The van der Waals surface area contributed by atoms with Crippen LogP contribution in [-0.2, 0) is 22.5 Å². The predicted molar refractivity (Wildman–Crippen MR) is 126 cm³/mol. The molecular weight excluding hydrogens is 420 g/mol. The van der Waals surface area contributed by atoms with Crippen molar-refractivity contribution in [3.8, 4) is 0 Å². The van der Waals surface area contributed by atoms with Gasteiger partial charge in [0.15, 0.2) is 0 Å². The van der Waals surface area contributed by atoms with Gasteiger partial charge in [0.05, 0.1) is 12.2 Å². The van der Waals surface area contributed by atoms with Crippen LogP contribution in [0.4, 0.5) is 4.79 Å². The van der Waals surface area contributed by atoms with Crippen LogP contribution < -0.4 is 5.56 Å². The summed E-state index contributed by atoms with van der Waals surface area (Å²) >= 11 is 0. The first kappa shape index (κ1) is 24.5. The summed E-state index contributed by atoms with van der Waals surface area (Å²) in [6, 6.07) is 8.47. The molecule has 2 aromatic rings. The first-order chi connectivity index (χ1) is 15.4. The molecule has 0 aliphatic carbocycles. The zero-order valence-electron chi connectivity index (χ0n) is 20.6. The van der Waals surface area contributed by atoms with Crippen molar-refractivity contribution in [3.63, 3.8) is 0 Å². The Morgan fingerprint density at radius 1 is 1.15 bits per heavy atom. The molecule has 8 heteroatoms. The fraction of sp³-hybridized carbons (Fsp3) is 0.520. The van der Waals surface area contributed by atoms with Crippen LogP contribution in [0.25, 0.3) is 0 Å². The third-order valence-corrected chi connectivity index (χ3v) is 5.82. The second kappa shape index (κ2) is 9.37. The van der Waals surface area contributed by atoms with Gasteiger partial charge in [-0.1, -0.05) is 30.3 Å². The lowest BCUT2D eigenvalue weighted by Crippen LogP contribution is -2.46. The normalized spacial score (nSPS) is 14.6. The Kier molecular flexibility index (Phi) is 6.95. The maximum atomic E-state index is 13.7. The van der Waals surface area contributed by atoms with E-state index in [9.17, 15) is 14.4 Å². The van der Waals surface area contributed by atoms with Crippen LogP contribution in [-0.4, -0.2) is 56.6 Å². The summed E-state index contributed by atoms with van der Waals surface area (Å²) in [6.45, 7) is 11.6. The summed E-state index contributed by atoms with van der Waals surface area (Å²) in [4.78, 5) is 47.6. The number of fused-ring (bicyclic) bond motifs is 1. The SMILES string of the molecule is Cc1nc2c(c(=O)n1C(C(=O)N(C)C(C)C)c1ccccc1)CCN(C(=O)OC(C)(C)C)C2. The van der Waals surface area contributed by atoms with Crippen molar-refractivity contribution >= 4 is 12.0 Å². The maximum Gasteiger partial charge on any atom is 0.410 e. The molecule has 33 heavy (non-hydrogen) atoms. The van der Waals surface area contributed by atoms with Crippen molar-refractivity contribution in [2.75, 3.05) is 13.6 Å². The van der Waals surface area contributed by atoms with Crippen molar-refractivity contribution in [3.05, 3.63) is 63.3 Å². The number of hydrogen-bond acceptors (Lipinski definition) is 5. The summed E-state index contributed by atoms with van der Waals surface area (Å²) in [7, 11) is 1.74. The van der Waals surface area contributed by atoms with Gasteiger partial charge in [-0.25, -0.2) is 9.78 Å². The van der Waals surface area contributed by atoms with E-state index in [1.54, 1.807) is 23.8 Å². The molecule has 0 N–H and O–H groups in total. The largest absolute Gasteiger partial charge is 0.444 e. The van der Waals surface area contributed by atoms with Crippen molar-refractivity contribution in [2.24, 2.45) is 0 Å². The van der Waals surface area contributed by atoms with E-state index in [4.69, 9.17) is 4.74 Å². The van der Waals surface area contributed by atoms with E-state index in [1.165, 1.54) is 4.57 Å². The van der Waals surface area contributed by atoms with Gasteiger partial charge in [-0.3, -0.25) is 14.2 Å². The highest BCUT2D eigenvalue weighted by molar-refractivity contribution is 5.84. The number of aromatic nitrogens is 2. The van der Waals surface area contributed by atoms with Gasteiger partial charge < -0.3 is 14.5 Å². The average molecular weight is 455 g/mol. The number of carbonyl (C=O) groups is 2. The third-order valence-electron chi connectivity index (χ3n) is 5.82. The Labute approximate surface area is 195 Å². The Balaban J connectivity index is 2.04. The van der Waals surface area contributed by atoms with Gasteiger partial charge in [0, 0.05) is 25.2 Å². The predicted octanol–water partition coefficient (Wildman–Crippen LogP) is 3.30.